The van der Waals surface area contributed by atoms with E-state index < -0.39 is 17.4 Å². The van der Waals surface area contributed by atoms with E-state index in [2.05, 4.69) is 15.6 Å². The average molecular weight is 528 g/mol. The van der Waals surface area contributed by atoms with Crippen molar-refractivity contribution in [2.75, 3.05) is 18.0 Å². The van der Waals surface area contributed by atoms with E-state index in [1.54, 1.807) is 6.20 Å². The molecule has 0 atom stereocenters. The maximum absolute atomic E-state index is 13.2. The summed E-state index contributed by atoms with van der Waals surface area (Å²) in [6.07, 6.45) is 4.70. The average Bonchev–Trinajstić information content (AvgIpc) is 3.32. The van der Waals surface area contributed by atoms with Crippen LogP contribution in [0.1, 0.15) is 36.9 Å². The Balaban J connectivity index is 1.31. The number of anilines is 1. The topological polar surface area (TPSA) is 146 Å². The Morgan fingerprint density at radius 2 is 1.82 bits per heavy atom. The number of hydrogen-bond donors (Lipinski definition) is 4. The van der Waals surface area contributed by atoms with Crippen molar-refractivity contribution in [3.8, 4) is 0 Å². The van der Waals surface area contributed by atoms with Crippen LogP contribution in [0.25, 0.3) is 32.3 Å². The summed E-state index contributed by atoms with van der Waals surface area (Å²) in [7, 11) is 0. The molecular formula is C27H25N7O3S. The highest BCUT2D eigenvalue weighted by molar-refractivity contribution is 7.16. The summed E-state index contributed by atoms with van der Waals surface area (Å²) < 4.78 is 0. The third-order valence-corrected chi connectivity index (χ3v) is 8.48. The van der Waals surface area contributed by atoms with Gasteiger partial charge in [0.05, 0.1) is 27.9 Å². The summed E-state index contributed by atoms with van der Waals surface area (Å²) in [5.74, 6) is -0.589. The molecule has 0 radical (unpaired) electrons. The summed E-state index contributed by atoms with van der Waals surface area (Å²) >= 11 is 1.53. The number of thiophene rings is 1. The van der Waals surface area contributed by atoms with E-state index in [-0.39, 0.29) is 17.5 Å². The zero-order valence-electron chi connectivity index (χ0n) is 20.4. The van der Waals surface area contributed by atoms with Crippen molar-refractivity contribution in [1.29, 1.82) is 0 Å². The molecule has 1 saturated heterocycles. The van der Waals surface area contributed by atoms with E-state index in [4.69, 9.17) is 15.7 Å². The van der Waals surface area contributed by atoms with Gasteiger partial charge >= 0.3 is 0 Å². The molecule has 7 rings (SSSR count). The summed E-state index contributed by atoms with van der Waals surface area (Å²) in [6.45, 7) is 0.994. The van der Waals surface area contributed by atoms with Crippen LogP contribution in [0.5, 0.6) is 0 Å². The number of piperidine rings is 1. The number of para-hydroxylation sites is 1. The Hall–Kier alpha value is -4.09. The minimum absolute atomic E-state index is 0.0954. The van der Waals surface area contributed by atoms with Crippen LogP contribution in [0.2, 0.25) is 0 Å². The first-order chi connectivity index (χ1) is 18.4. The summed E-state index contributed by atoms with van der Waals surface area (Å²) in [5, 5.41) is 9.00. The van der Waals surface area contributed by atoms with Crippen molar-refractivity contribution in [1.82, 2.24) is 25.6 Å². The molecule has 11 heteroatoms. The number of benzene rings is 1. The van der Waals surface area contributed by atoms with Crippen molar-refractivity contribution in [2.24, 2.45) is 5.73 Å². The van der Waals surface area contributed by atoms with Crippen molar-refractivity contribution in [2.45, 2.75) is 37.3 Å². The summed E-state index contributed by atoms with van der Waals surface area (Å²) in [5.41, 5.74) is 7.84. The summed E-state index contributed by atoms with van der Waals surface area (Å²) in [4.78, 5) is 54.8. The Labute approximate surface area is 221 Å². The molecule has 1 aliphatic carbocycles. The van der Waals surface area contributed by atoms with E-state index in [1.165, 1.54) is 11.3 Å². The predicted octanol–water partition coefficient (Wildman–Crippen LogP) is 2.32. The minimum atomic E-state index is -0.924. The van der Waals surface area contributed by atoms with Gasteiger partial charge in [-0.05, 0) is 43.2 Å². The highest BCUT2D eigenvalue weighted by Crippen LogP contribution is 2.38. The van der Waals surface area contributed by atoms with Gasteiger partial charge in [0.15, 0.2) is 0 Å². The molecule has 2 fully saturated rings. The first kappa shape index (κ1) is 23.1. The number of nitrogens with two attached hydrogens (primary N) is 1. The number of fused-ring (bicyclic) bond motifs is 2. The van der Waals surface area contributed by atoms with Gasteiger partial charge in [-0.15, -0.1) is 11.3 Å². The van der Waals surface area contributed by atoms with Crippen LogP contribution in [-0.4, -0.2) is 57.3 Å². The molecule has 10 nitrogen and oxygen atoms in total. The second-order valence-electron chi connectivity index (χ2n) is 10.2. The first-order valence-corrected chi connectivity index (χ1v) is 13.6. The first-order valence-electron chi connectivity index (χ1n) is 12.7. The molecule has 38 heavy (non-hydrogen) atoms. The Kier molecular flexibility index (Phi) is 5.14. The van der Waals surface area contributed by atoms with Crippen LogP contribution in [0.15, 0.2) is 41.9 Å². The van der Waals surface area contributed by atoms with Gasteiger partial charge in [0.25, 0.3) is 11.8 Å². The minimum Gasteiger partial charge on any atom is -0.352 e. The van der Waals surface area contributed by atoms with E-state index in [9.17, 15) is 14.4 Å². The third-order valence-electron chi connectivity index (χ3n) is 7.64. The van der Waals surface area contributed by atoms with Gasteiger partial charge in [-0.2, -0.15) is 0 Å². The lowest BCUT2D eigenvalue weighted by Crippen LogP contribution is -2.60. The standard InChI is InChI=1S/C27H25N7O3S/c28-27(25(37)30-14-5-6-14)8-10-34(11-9-27)26-31-18-4-2-1-3-16(18)21(32-26)20-19(22(35)33-23(20)36)17-13-29-24-15(17)7-12-38-24/h1-4,7,12-14,29H,5-6,8-11,28H2,(H,30,37)(H,33,35,36). The lowest BCUT2D eigenvalue weighted by molar-refractivity contribution is -0.127. The van der Waals surface area contributed by atoms with Gasteiger partial charge in [-0.25, -0.2) is 9.97 Å². The largest absolute Gasteiger partial charge is 0.352 e. The lowest BCUT2D eigenvalue weighted by atomic mass is 9.87. The number of aromatic nitrogens is 3. The molecule has 0 bridgehead atoms. The fourth-order valence-corrected chi connectivity index (χ4v) is 6.05. The Bertz CT molecular complexity index is 1670. The third kappa shape index (κ3) is 3.69. The molecule has 3 aromatic heterocycles. The number of carbonyl (C=O) groups is 3. The van der Waals surface area contributed by atoms with Gasteiger partial charge in [0.1, 0.15) is 4.83 Å². The van der Waals surface area contributed by atoms with Gasteiger partial charge in [-0.3, -0.25) is 19.7 Å². The normalized spacial score (nSPS) is 19.4. The van der Waals surface area contributed by atoms with E-state index in [0.29, 0.717) is 59.6 Å². The number of imide groups is 1. The van der Waals surface area contributed by atoms with Crippen molar-refractivity contribution in [3.63, 3.8) is 0 Å². The van der Waals surface area contributed by atoms with Crippen molar-refractivity contribution in [3.05, 3.63) is 53.2 Å². The number of hydrogen-bond acceptors (Lipinski definition) is 8. The lowest BCUT2D eigenvalue weighted by Gasteiger charge is -2.38. The molecule has 3 amide bonds. The molecule has 4 aromatic rings. The number of rotatable bonds is 5. The number of amides is 3. The molecule has 0 spiro atoms. The number of nitrogens with one attached hydrogen (secondary N) is 3. The van der Waals surface area contributed by atoms with Gasteiger partial charge < -0.3 is 20.9 Å². The number of H-pyrrole nitrogens is 1. The van der Waals surface area contributed by atoms with Crippen LogP contribution < -0.4 is 21.3 Å². The van der Waals surface area contributed by atoms with Gasteiger partial charge in [0.2, 0.25) is 11.9 Å². The second-order valence-corrected chi connectivity index (χ2v) is 11.1. The zero-order chi connectivity index (χ0) is 26.0. The van der Waals surface area contributed by atoms with Crippen LogP contribution in [0.3, 0.4) is 0 Å². The molecule has 1 aromatic carbocycles. The maximum atomic E-state index is 13.2. The monoisotopic (exact) mass is 527 g/mol. The SMILES string of the molecule is NC1(C(=O)NC2CC2)CCN(c2nc(C3=C(c4c[nH]c5sccc45)C(=O)NC3=O)c3ccccc3n2)CC1. The molecule has 0 unspecified atom stereocenters. The fraction of sp³-hybridized carbons (Fsp3) is 0.296. The molecular weight excluding hydrogens is 502 g/mol. The van der Waals surface area contributed by atoms with Crippen LogP contribution in [0, 0.1) is 0 Å². The van der Waals surface area contributed by atoms with E-state index >= 15 is 0 Å². The molecule has 5 heterocycles. The molecule has 5 N–H and O–H groups in total. The predicted molar refractivity (Wildman–Crippen MR) is 145 cm³/mol. The van der Waals surface area contributed by atoms with E-state index in [1.807, 2.05) is 40.6 Å². The van der Waals surface area contributed by atoms with Crippen molar-refractivity contribution < 1.29 is 14.4 Å². The van der Waals surface area contributed by atoms with Crippen LogP contribution in [-0.2, 0) is 14.4 Å². The summed E-state index contributed by atoms with van der Waals surface area (Å²) in [6, 6.07) is 9.65. The number of aromatic amines is 1. The van der Waals surface area contributed by atoms with Crippen LogP contribution in [0.4, 0.5) is 5.95 Å². The van der Waals surface area contributed by atoms with Crippen LogP contribution >= 0.6 is 11.3 Å². The van der Waals surface area contributed by atoms with Gasteiger partial charge in [-0.1, -0.05) is 18.2 Å². The quantitative estimate of drug-likeness (QED) is 0.291. The number of carbonyl (C=O) groups excluding carboxylic acids is 3. The molecule has 192 valence electrons. The van der Waals surface area contributed by atoms with Gasteiger partial charge in [0, 0.05) is 41.7 Å². The zero-order valence-corrected chi connectivity index (χ0v) is 21.2. The smallest absolute Gasteiger partial charge is 0.261 e. The Morgan fingerprint density at radius 3 is 2.61 bits per heavy atom. The highest BCUT2D eigenvalue weighted by atomic mass is 32.1. The molecule has 3 aliphatic rings. The maximum Gasteiger partial charge on any atom is 0.261 e. The molecule has 2 aliphatic heterocycles. The van der Waals surface area contributed by atoms with E-state index in [0.717, 1.165) is 23.1 Å². The fourth-order valence-electron chi connectivity index (χ4n) is 5.28. The number of nitrogens with zero attached hydrogens (tertiary/aromatic N) is 3. The molecule has 1 saturated carbocycles. The Morgan fingerprint density at radius 1 is 1.05 bits per heavy atom. The van der Waals surface area contributed by atoms with Crippen molar-refractivity contribution >= 4 is 67.3 Å². The highest BCUT2D eigenvalue weighted by Gasteiger charge is 2.41. The second kappa shape index (κ2) is 8.47.